The molecule has 0 spiro atoms. The summed E-state index contributed by atoms with van der Waals surface area (Å²) < 4.78 is 7.11. The number of amides is 1. The van der Waals surface area contributed by atoms with Gasteiger partial charge in [0, 0.05) is 24.7 Å². The second-order valence-corrected chi connectivity index (χ2v) is 8.15. The molecule has 1 aliphatic rings. The minimum atomic E-state index is -0.843. The number of aromatic nitrogens is 2. The molecule has 3 atom stereocenters. The number of nitrogens with one attached hydrogen (secondary N) is 2. The average molecular weight is 450 g/mol. The second-order valence-electron chi connectivity index (χ2n) is 8.15. The number of aliphatic hydroxyl groups excluding tert-OH is 1. The maximum absolute atomic E-state index is 12.4. The smallest absolute Gasteiger partial charge is 0.330 e. The normalized spacial score (nSPS) is 20.0. The van der Waals surface area contributed by atoms with Crippen LogP contribution in [0.3, 0.4) is 0 Å². The van der Waals surface area contributed by atoms with Crippen LogP contribution in [0.4, 0.5) is 0 Å². The van der Waals surface area contributed by atoms with Crippen LogP contribution in [0.25, 0.3) is 11.1 Å². The number of aromatic amines is 1. The zero-order chi connectivity index (χ0) is 23.4. The molecular formula is C25H27N3O5. The Kier molecular flexibility index (Phi) is 6.86. The Morgan fingerprint density at radius 1 is 1.12 bits per heavy atom. The fourth-order valence-electron chi connectivity index (χ4n) is 3.97. The lowest BCUT2D eigenvalue weighted by Crippen LogP contribution is -2.38. The average Bonchev–Trinajstić information content (AvgIpc) is 3.19. The van der Waals surface area contributed by atoms with Crippen molar-refractivity contribution >= 4 is 5.91 Å². The van der Waals surface area contributed by atoms with E-state index in [9.17, 15) is 19.5 Å². The molecule has 0 bridgehead atoms. The van der Waals surface area contributed by atoms with Gasteiger partial charge in [-0.1, -0.05) is 61.5 Å². The molecule has 1 aliphatic heterocycles. The third-order valence-electron chi connectivity index (χ3n) is 5.86. The first-order chi connectivity index (χ1) is 15.9. The van der Waals surface area contributed by atoms with Gasteiger partial charge in [-0.05, 0) is 23.1 Å². The molecular weight excluding hydrogens is 422 g/mol. The number of benzene rings is 2. The minimum absolute atomic E-state index is 0.122. The van der Waals surface area contributed by atoms with E-state index in [4.69, 9.17) is 4.74 Å². The van der Waals surface area contributed by atoms with Crippen molar-refractivity contribution in [1.82, 2.24) is 14.9 Å². The van der Waals surface area contributed by atoms with Crippen LogP contribution in [0, 0.1) is 0 Å². The summed E-state index contributed by atoms with van der Waals surface area (Å²) in [4.78, 5) is 38.6. The van der Waals surface area contributed by atoms with Gasteiger partial charge in [0.15, 0.2) is 0 Å². The van der Waals surface area contributed by atoms with Crippen LogP contribution in [0.1, 0.15) is 30.7 Å². The Balaban J connectivity index is 1.32. The lowest BCUT2D eigenvalue weighted by atomic mass is 10.0. The van der Waals surface area contributed by atoms with Crippen LogP contribution in [0.5, 0.6) is 0 Å². The van der Waals surface area contributed by atoms with E-state index in [1.54, 1.807) is 0 Å². The van der Waals surface area contributed by atoms with Gasteiger partial charge in [0.1, 0.15) is 12.3 Å². The van der Waals surface area contributed by atoms with E-state index in [1.807, 2.05) is 61.5 Å². The predicted molar refractivity (Wildman–Crippen MR) is 124 cm³/mol. The lowest BCUT2D eigenvalue weighted by molar-refractivity contribution is -0.121. The summed E-state index contributed by atoms with van der Waals surface area (Å²) in [5.41, 5.74) is 2.53. The van der Waals surface area contributed by atoms with Crippen LogP contribution in [0.2, 0.25) is 0 Å². The Bertz CT molecular complexity index is 1220. The van der Waals surface area contributed by atoms with Crippen molar-refractivity contribution in [3.8, 4) is 11.1 Å². The van der Waals surface area contributed by atoms with Crippen molar-refractivity contribution in [2.75, 3.05) is 6.54 Å². The van der Waals surface area contributed by atoms with Crippen molar-refractivity contribution in [3.05, 3.63) is 92.8 Å². The first kappa shape index (κ1) is 22.7. The first-order valence-corrected chi connectivity index (χ1v) is 11.0. The third kappa shape index (κ3) is 5.30. The van der Waals surface area contributed by atoms with Crippen molar-refractivity contribution < 1.29 is 14.6 Å². The molecule has 8 heteroatoms. The summed E-state index contributed by atoms with van der Waals surface area (Å²) in [5, 5.41) is 13.2. The van der Waals surface area contributed by atoms with E-state index in [1.165, 1.54) is 10.8 Å². The highest BCUT2D eigenvalue weighted by atomic mass is 16.5. The molecule has 1 saturated heterocycles. The van der Waals surface area contributed by atoms with Gasteiger partial charge >= 0.3 is 5.69 Å². The van der Waals surface area contributed by atoms with Gasteiger partial charge in [0.2, 0.25) is 5.91 Å². The largest absolute Gasteiger partial charge is 0.390 e. The van der Waals surface area contributed by atoms with E-state index < -0.39 is 29.7 Å². The summed E-state index contributed by atoms with van der Waals surface area (Å²) in [6.45, 7) is 1.94. The maximum atomic E-state index is 12.4. The van der Waals surface area contributed by atoms with Crippen LogP contribution < -0.4 is 16.6 Å². The van der Waals surface area contributed by atoms with Crippen LogP contribution in [-0.2, 0) is 22.4 Å². The van der Waals surface area contributed by atoms with Gasteiger partial charge in [-0.25, -0.2) is 4.79 Å². The summed E-state index contributed by atoms with van der Waals surface area (Å²) in [6.07, 6.45) is 0.140. The highest BCUT2D eigenvalue weighted by Crippen LogP contribution is 2.27. The molecule has 172 valence electrons. The number of rotatable bonds is 7. The Labute approximate surface area is 190 Å². The highest BCUT2D eigenvalue weighted by Gasteiger charge is 2.35. The molecule has 2 aromatic carbocycles. The molecule has 4 rings (SSSR count). The molecule has 33 heavy (non-hydrogen) atoms. The first-order valence-electron chi connectivity index (χ1n) is 11.0. The number of ether oxygens (including phenoxy) is 1. The SMILES string of the molecule is CCc1cn([C@H]2C[C@H](O)[C@@H](CNC(=O)Cc3ccc(-c4ccccc4)cc3)O2)c(=O)[nH]c1=O. The van der Waals surface area contributed by atoms with Gasteiger partial charge in [-0.15, -0.1) is 0 Å². The van der Waals surface area contributed by atoms with Gasteiger partial charge in [0.25, 0.3) is 5.56 Å². The number of carbonyl (C=O) groups excluding carboxylic acids is 1. The molecule has 1 fully saturated rings. The fraction of sp³-hybridized carbons (Fsp3) is 0.320. The summed E-state index contributed by atoms with van der Waals surface area (Å²) in [7, 11) is 0. The van der Waals surface area contributed by atoms with E-state index >= 15 is 0 Å². The Morgan fingerprint density at radius 3 is 2.52 bits per heavy atom. The van der Waals surface area contributed by atoms with Crippen LogP contribution in [0.15, 0.2) is 70.4 Å². The fourth-order valence-corrected chi connectivity index (χ4v) is 3.97. The molecule has 2 heterocycles. The summed E-state index contributed by atoms with van der Waals surface area (Å²) >= 11 is 0. The van der Waals surface area contributed by atoms with Crippen molar-refractivity contribution in [2.45, 2.75) is 44.6 Å². The molecule has 0 unspecified atom stereocenters. The molecule has 0 saturated carbocycles. The number of nitrogens with zero attached hydrogens (tertiary/aromatic N) is 1. The number of H-pyrrole nitrogens is 1. The number of aryl methyl sites for hydroxylation is 1. The Hall–Kier alpha value is -3.49. The lowest BCUT2D eigenvalue weighted by Gasteiger charge is -2.17. The third-order valence-corrected chi connectivity index (χ3v) is 5.86. The highest BCUT2D eigenvalue weighted by molar-refractivity contribution is 5.78. The quantitative estimate of drug-likeness (QED) is 0.509. The van der Waals surface area contributed by atoms with Gasteiger partial charge in [-0.2, -0.15) is 0 Å². The van der Waals surface area contributed by atoms with E-state index in [-0.39, 0.29) is 25.3 Å². The minimum Gasteiger partial charge on any atom is -0.390 e. The molecule has 3 aromatic rings. The van der Waals surface area contributed by atoms with Crippen molar-refractivity contribution in [1.29, 1.82) is 0 Å². The van der Waals surface area contributed by atoms with Gasteiger partial charge in [-0.3, -0.25) is 19.1 Å². The predicted octanol–water partition coefficient (Wildman–Crippen LogP) is 1.77. The number of carbonyl (C=O) groups is 1. The summed E-state index contributed by atoms with van der Waals surface area (Å²) in [6, 6.07) is 17.8. The van der Waals surface area contributed by atoms with E-state index in [2.05, 4.69) is 10.3 Å². The zero-order valence-corrected chi connectivity index (χ0v) is 18.4. The molecule has 3 N–H and O–H groups in total. The van der Waals surface area contributed by atoms with Crippen molar-refractivity contribution in [2.24, 2.45) is 0 Å². The van der Waals surface area contributed by atoms with Gasteiger partial charge < -0.3 is 15.2 Å². The van der Waals surface area contributed by atoms with Gasteiger partial charge in [0.05, 0.1) is 12.5 Å². The van der Waals surface area contributed by atoms with E-state index in [0.717, 1.165) is 16.7 Å². The Morgan fingerprint density at radius 2 is 1.82 bits per heavy atom. The molecule has 0 aliphatic carbocycles. The topological polar surface area (TPSA) is 113 Å². The van der Waals surface area contributed by atoms with Crippen LogP contribution >= 0.6 is 0 Å². The van der Waals surface area contributed by atoms with E-state index in [0.29, 0.717) is 12.0 Å². The number of aliphatic hydroxyl groups is 1. The molecule has 1 amide bonds. The molecule has 8 nitrogen and oxygen atoms in total. The monoisotopic (exact) mass is 449 g/mol. The second kappa shape index (κ2) is 9.97. The van der Waals surface area contributed by atoms with Crippen LogP contribution in [-0.4, -0.2) is 39.3 Å². The maximum Gasteiger partial charge on any atom is 0.330 e. The summed E-state index contributed by atoms with van der Waals surface area (Å²) in [5.74, 6) is -0.184. The standard InChI is InChI=1S/C25H27N3O5/c1-2-17-15-28(25(32)27-24(17)31)23-13-20(29)21(33-23)14-26-22(30)12-16-8-10-19(11-9-16)18-6-4-3-5-7-18/h3-11,15,20-21,23,29H,2,12-14H2,1H3,(H,26,30)(H,27,31,32)/t20-,21+,23+/m0/s1. The zero-order valence-electron chi connectivity index (χ0n) is 18.4. The molecule has 1 aromatic heterocycles. The van der Waals surface area contributed by atoms with Crippen molar-refractivity contribution in [3.63, 3.8) is 0 Å². The molecule has 0 radical (unpaired) electrons. The number of hydrogen-bond acceptors (Lipinski definition) is 5. The number of hydrogen-bond donors (Lipinski definition) is 3.